The molecule has 5 aromatic rings. The predicted molar refractivity (Wildman–Crippen MR) is 153 cm³/mol. The summed E-state index contributed by atoms with van der Waals surface area (Å²) in [5.41, 5.74) is 3.37. The molecule has 0 aliphatic heterocycles. The molecular formula is C29H30N4O4S2. The first-order valence-corrected chi connectivity index (χ1v) is 15.8. The third kappa shape index (κ3) is 5.14. The number of rotatable bonds is 9. The Hall–Kier alpha value is -3.76. The van der Waals surface area contributed by atoms with Crippen LogP contribution in [0.1, 0.15) is 37.3 Å². The van der Waals surface area contributed by atoms with Gasteiger partial charge in [0.2, 0.25) is 9.84 Å². The van der Waals surface area contributed by atoms with Crippen LogP contribution in [0, 0.1) is 13.8 Å². The highest BCUT2D eigenvalue weighted by Gasteiger charge is 2.33. The van der Waals surface area contributed by atoms with Crippen molar-refractivity contribution in [1.29, 1.82) is 0 Å². The molecule has 39 heavy (non-hydrogen) atoms. The lowest BCUT2D eigenvalue weighted by Gasteiger charge is -2.15. The summed E-state index contributed by atoms with van der Waals surface area (Å²) in [5.74, 6) is -0.0578. The molecule has 0 spiro atoms. The fourth-order valence-corrected chi connectivity index (χ4v) is 7.19. The molecule has 1 N–H and O–H groups in total. The number of aromatic nitrogens is 3. The van der Waals surface area contributed by atoms with Gasteiger partial charge in [0.1, 0.15) is 16.2 Å². The average molecular weight is 563 g/mol. The van der Waals surface area contributed by atoms with E-state index in [1.807, 2.05) is 19.9 Å². The lowest BCUT2D eigenvalue weighted by atomic mass is 10.2. The van der Waals surface area contributed by atoms with Gasteiger partial charge < -0.3 is 4.57 Å². The van der Waals surface area contributed by atoms with Gasteiger partial charge >= 0.3 is 0 Å². The number of sulfonamides is 1. The van der Waals surface area contributed by atoms with Crippen LogP contribution >= 0.6 is 0 Å². The molecule has 0 radical (unpaired) electrons. The second kappa shape index (κ2) is 10.4. The van der Waals surface area contributed by atoms with Crippen LogP contribution in [-0.2, 0) is 26.4 Å². The van der Waals surface area contributed by atoms with E-state index in [4.69, 9.17) is 9.97 Å². The summed E-state index contributed by atoms with van der Waals surface area (Å²) in [7, 11) is -8.34. The van der Waals surface area contributed by atoms with Crippen molar-refractivity contribution in [2.24, 2.45) is 0 Å². The molecular weight excluding hydrogens is 532 g/mol. The minimum absolute atomic E-state index is 0.0308. The van der Waals surface area contributed by atoms with Crippen molar-refractivity contribution in [3.8, 4) is 0 Å². The summed E-state index contributed by atoms with van der Waals surface area (Å²) in [6.07, 6.45) is 2.52. The lowest BCUT2D eigenvalue weighted by Crippen LogP contribution is -2.18. The van der Waals surface area contributed by atoms with Crippen molar-refractivity contribution < 1.29 is 16.8 Å². The molecule has 2 aromatic heterocycles. The first-order valence-electron chi connectivity index (χ1n) is 12.8. The van der Waals surface area contributed by atoms with Crippen LogP contribution in [0.25, 0.3) is 22.2 Å². The molecule has 3 aromatic carbocycles. The second-order valence-corrected chi connectivity index (χ2v) is 13.2. The zero-order chi connectivity index (χ0) is 27.8. The van der Waals surface area contributed by atoms with Crippen LogP contribution in [0.15, 0.2) is 87.5 Å². The van der Waals surface area contributed by atoms with E-state index in [9.17, 15) is 16.8 Å². The number of sulfone groups is 1. The van der Waals surface area contributed by atoms with E-state index < -0.39 is 19.9 Å². The highest BCUT2D eigenvalue weighted by Crippen LogP contribution is 2.38. The molecule has 10 heteroatoms. The Bertz CT molecular complexity index is 1880. The van der Waals surface area contributed by atoms with Gasteiger partial charge in [0.25, 0.3) is 10.0 Å². The second-order valence-electron chi connectivity index (χ2n) is 9.66. The summed E-state index contributed by atoms with van der Waals surface area (Å²) >= 11 is 0. The van der Waals surface area contributed by atoms with E-state index in [1.165, 1.54) is 24.3 Å². The molecule has 0 saturated heterocycles. The van der Waals surface area contributed by atoms with Crippen molar-refractivity contribution in [3.63, 3.8) is 0 Å². The number of unbranched alkanes of at least 4 members (excludes halogenated alkanes) is 2. The fraction of sp³-hybridized carbons (Fsp3) is 0.241. The van der Waals surface area contributed by atoms with Crippen LogP contribution in [0.2, 0.25) is 0 Å². The van der Waals surface area contributed by atoms with Gasteiger partial charge in [0.05, 0.1) is 20.8 Å². The number of para-hydroxylation sites is 2. The summed E-state index contributed by atoms with van der Waals surface area (Å²) in [4.78, 5) is 9.36. The number of nitrogens with one attached hydrogen (secondary N) is 1. The van der Waals surface area contributed by atoms with Crippen LogP contribution in [0.5, 0.6) is 0 Å². The summed E-state index contributed by atoms with van der Waals surface area (Å²) in [5, 5.41) is 0. The van der Waals surface area contributed by atoms with Gasteiger partial charge in [0, 0.05) is 6.54 Å². The maximum atomic E-state index is 14.2. The minimum atomic E-state index is -4.20. The Labute approximate surface area is 228 Å². The van der Waals surface area contributed by atoms with Gasteiger partial charge in [-0.3, -0.25) is 4.72 Å². The first-order chi connectivity index (χ1) is 18.6. The quantitative estimate of drug-likeness (QED) is 0.220. The van der Waals surface area contributed by atoms with Crippen molar-refractivity contribution in [1.82, 2.24) is 14.5 Å². The molecule has 5 rings (SSSR count). The van der Waals surface area contributed by atoms with Gasteiger partial charge in [-0.1, -0.05) is 67.3 Å². The fourth-order valence-electron chi connectivity index (χ4n) is 4.50. The monoisotopic (exact) mass is 562 g/mol. The zero-order valence-corrected chi connectivity index (χ0v) is 23.7. The number of fused-ring (bicyclic) bond motifs is 2. The topological polar surface area (TPSA) is 111 Å². The molecule has 0 saturated carbocycles. The Balaban J connectivity index is 1.83. The van der Waals surface area contributed by atoms with Crippen LogP contribution in [-0.4, -0.2) is 31.4 Å². The third-order valence-corrected chi connectivity index (χ3v) is 9.83. The maximum absolute atomic E-state index is 14.2. The molecule has 0 aliphatic rings. The van der Waals surface area contributed by atoms with E-state index in [0.717, 1.165) is 24.0 Å². The highest BCUT2D eigenvalue weighted by molar-refractivity contribution is 7.93. The Morgan fingerprint density at radius 2 is 1.31 bits per heavy atom. The highest BCUT2D eigenvalue weighted by atomic mass is 32.2. The molecule has 0 unspecified atom stereocenters. The van der Waals surface area contributed by atoms with Crippen molar-refractivity contribution in [3.05, 3.63) is 83.9 Å². The van der Waals surface area contributed by atoms with Crippen LogP contribution in [0.4, 0.5) is 5.82 Å². The molecule has 0 bridgehead atoms. The van der Waals surface area contributed by atoms with E-state index in [1.54, 1.807) is 47.0 Å². The summed E-state index contributed by atoms with van der Waals surface area (Å²) in [6, 6.07) is 20.1. The normalized spacial score (nSPS) is 12.3. The Morgan fingerprint density at radius 3 is 1.90 bits per heavy atom. The summed E-state index contributed by atoms with van der Waals surface area (Å²) in [6.45, 7) is 6.17. The number of nitrogens with zero attached hydrogens (tertiary/aromatic N) is 3. The van der Waals surface area contributed by atoms with Gasteiger partial charge in [-0.15, -0.1) is 0 Å². The van der Waals surface area contributed by atoms with E-state index in [-0.39, 0.29) is 26.0 Å². The van der Waals surface area contributed by atoms with Crippen LogP contribution in [0.3, 0.4) is 0 Å². The lowest BCUT2D eigenvalue weighted by molar-refractivity contribution is 0.592. The van der Waals surface area contributed by atoms with Crippen molar-refractivity contribution in [2.75, 3.05) is 4.72 Å². The van der Waals surface area contributed by atoms with Crippen molar-refractivity contribution in [2.45, 2.75) is 61.3 Å². The van der Waals surface area contributed by atoms with E-state index in [0.29, 0.717) is 29.6 Å². The average Bonchev–Trinajstić information content (AvgIpc) is 3.19. The number of hydrogen-bond acceptors (Lipinski definition) is 6. The molecule has 0 amide bonds. The molecule has 2 heterocycles. The van der Waals surface area contributed by atoms with Crippen molar-refractivity contribution >= 4 is 47.9 Å². The SMILES string of the molecule is CCCCCn1c(NS(=O)(=O)c2ccc(C)cc2)c(S(=O)(=O)c2ccc(C)cc2)c2nc3ccccc3nc21. The molecule has 0 fully saturated rings. The van der Waals surface area contributed by atoms with E-state index in [2.05, 4.69) is 11.6 Å². The standard InChI is InChI=1S/C29H30N4O4S2/c1-4-5-8-19-33-28-26(30-24-9-6-7-10-25(24)31-28)27(38(34,35)22-15-11-20(2)12-16-22)29(33)32-39(36,37)23-17-13-21(3)14-18-23/h6-7,9-18,32H,4-5,8,19H2,1-3H3. The minimum Gasteiger partial charge on any atom is -0.309 e. The number of benzene rings is 3. The smallest absolute Gasteiger partial charge is 0.263 e. The van der Waals surface area contributed by atoms with Crippen LogP contribution < -0.4 is 4.72 Å². The predicted octanol–water partition coefficient (Wildman–Crippen LogP) is 6.03. The van der Waals surface area contributed by atoms with Gasteiger partial charge in [-0.05, 0) is 56.7 Å². The van der Waals surface area contributed by atoms with E-state index >= 15 is 0 Å². The number of anilines is 1. The third-order valence-electron chi connectivity index (χ3n) is 6.66. The molecule has 8 nitrogen and oxygen atoms in total. The molecule has 0 atom stereocenters. The largest absolute Gasteiger partial charge is 0.309 e. The molecule has 0 aliphatic carbocycles. The first kappa shape index (κ1) is 26.8. The Morgan fingerprint density at radius 1 is 0.744 bits per heavy atom. The summed E-state index contributed by atoms with van der Waals surface area (Å²) < 4.78 is 59.9. The maximum Gasteiger partial charge on any atom is 0.263 e. The van der Waals surface area contributed by atoms with Gasteiger partial charge in [-0.2, -0.15) is 0 Å². The number of aryl methyl sites for hydroxylation is 3. The number of hydrogen-bond donors (Lipinski definition) is 1. The zero-order valence-electron chi connectivity index (χ0n) is 22.0. The van der Waals surface area contributed by atoms with Gasteiger partial charge in [0.15, 0.2) is 5.65 Å². The molecule has 202 valence electrons. The van der Waals surface area contributed by atoms with Gasteiger partial charge in [-0.25, -0.2) is 26.8 Å². The Kier molecular flexibility index (Phi) is 7.17.